The number of hydrogen-bond donors (Lipinski definition) is 2. The van der Waals surface area contributed by atoms with Crippen molar-refractivity contribution in [2.75, 3.05) is 12.3 Å². The fraction of sp³-hybridized carbons (Fsp3) is 0.500. The number of rotatable bonds is 6. The Hall–Kier alpha value is -1.35. The average Bonchev–Trinajstić information content (AvgIpc) is 2.28. The summed E-state index contributed by atoms with van der Waals surface area (Å²) in [5.74, 6) is 0.773. The van der Waals surface area contributed by atoms with Crippen LogP contribution in [0.1, 0.15) is 37.6 Å². The lowest BCUT2D eigenvalue weighted by Crippen LogP contribution is -2.35. The second-order valence-electron chi connectivity index (χ2n) is 4.84. The molecule has 1 rings (SSSR count). The van der Waals surface area contributed by atoms with Gasteiger partial charge >= 0.3 is 0 Å². The van der Waals surface area contributed by atoms with E-state index in [-0.39, 0.29) is 11.8 Å². The maximum Gasteiger partial charge on any atom is 0.179 e. The van der Waals surface area contributed by atoms with Gasteiger partial charge in [-0.25, -0.2) is 0 Å². The molecule has 3 heteroatoms. The van der Waals surface area contributed by atoms with Crippen LogP contribution in [0.25, 0.3) is 0 Å². The van der Waals surface area contributed by atoms with E-state index in [0.29, 0.717) is 17.2 Å². The smallest absolute Gasteiger partial charge is 0.179 e. The molecule has 1 aromatic rings. The van der Waals surface area contributed by atoms with Crippen molar-refractivity contribution in [2.45, 2.75) is 33.2 Å². The van der Waals surface area contributed by atoms with Crippen molar-refractivity contribution in [2.24, 2.45) is 5.92 Å². The molecule has 1 aromatic carbocycles. The minimum absolute atomic E-state index is 0.119. The van der Waals surface area contributed by atoms with Crippen LogP contribution < -0.4 is 11.1 Å². The molecule has 0 heterocycles. The van der Waals surface area contributed by atoms with Gasteiger partial charge in [0.05, 0.1) is 6.04 Å². The first-order valence-corrected chi connectivity index (χ1v) is 6.14. The van der Waals surface area contributed by atoms with Crippen molar-refractivity contribution in [3.05, 3.63) is 29.8 Å². The van der Waals surface area contributed by atoms with Gasteiger partial charge in [0.2, 0.25) is 0 Å². The number of nitrogens with two attached hydrogens (primary N) is 1. The van der Waals surface area contributed by atoms with Gasteiger partial charge in [0, 0.05) is 11.3 Å². The van der Waals surface area contributed by atoms with Crippen LogP contribution in [0.2, 0.25) is 0 Å². The SMILES string of the molecule is CC(C)CCNC(C)C(=O)c1ccc(N)cc1. The van der Waals surface area contributed by atoms with Gasteiger partial charge in [-0.15, -0.1) is 0 Å². The normalized spacial score (nSPS) is 12.7. The van der Waals surface area contributed by atoms with Crippen molar-refractivity contribution in [3.8, 4) is 0 Å². The van der Waals surface area contributed by atoms with Gasteiger partial charge in [0.15, 0.2) is 5.78 Å². The van der Waals surface area contributed by atoms with E-state index >= 15 is 0 Å². The molecule has 0 spiro atoms. The number of benzene rings is 1. The van der Waals surface area contributed by atoms with Gasteiger partial charge in [0.1, 0.15) is 0 Å². The fourth-order valence-corrected chi connectivity index (χ4v) is 1.58. The van der Waals surface area contributed by atoms with Gasteiger partial charge in [-0.05, 0) is 50.1 Å². The fourth-order valence-electron chi connectivity index (χ4n) is 1.58. The molecule has 3 nitrogen and oxygen atoms in total. The first-order chi connectivity index (χ1) is 8.00. The predicted octanol–water partition coefficient (Wildman–Crippen LogP) is 2.48. The Morgan fingerprint density at radius 3 is 2.35 bits per heavy atom. The zero-order valence-corrected chi connectivity index (χ0v) is 10.9. The molecule has 0 saturated carbocycles. The average molecular weight is 234 g/mol. The van der Waals surface area contributed by atoms with Crippen LogP contribution in [0.4, 0.5) is 5.69 Å². The number of anilines is 1. The van der Waals surface area contributed by atoms with E-state index in [9.17, 15) is 4.79 Å². The molecule has 0 saturated heterocycles. The second-order valence-corrected chi connectivity index (χ2v) is 4.84. The molecule has 0 amide bonds. The first kappa shape index (κ1) is 13.7. The second kappa shape index (κ2) is 6.40. The topological polar surface area (TPSA) is 55.1 Å². The number of carbonyl (C=O) groups excluding carboxylic acids is 1. The Kier molecular flexibility index (Phi) is 5.16. The monoisotopic (exact) mass is 234 g/mol. The Morgan fingerprint density at radius 2 is 1.82 bits per heavy atom. The molecular weight excluding hydrogens is 212 g/mol. The molecule has 1 unspecified atom stereocenters. The summed E-state index contributed by atoms with van der Waals surface area (Å²) >= 11 is 0. The summed E-state index contributed by atoms with van der Waals surface area (Å²) in [6, 6.07) is 6.93. The number of Topliss-reactive ketones (excluding diaryl/α,β-unsaturated/α-hetero) is 1. The van der Waals surface area contributed by atoms with E-state index in [2.05, 4.69) is 19.2 Å². The van der Waals surface area contributed by atoms with Gasteiger partial charge in [-0.1, -0.05) is 13.8 Å². The zero-order chi connectivity index (χ0) is 12.8. The molecule has 0 radical (unpaired) electrons. The maximum atomic E-state index is 12.0. The molecule has 0 bridgehead atoms. The predicted molar refractivity (Wildman–Crippen MR) is 72.1 cm³/mol. The molecule has 0 aliphatic heterocycles. The number of carbonyl (C=O) groups is 1. The number of ketones is 1. The van der Waals surface area contributed by atoms with Crippen LogP contribution in [-0.2, 0) is 0 Å². The molecule has 17 heavy (non-hydrogen) atoms. The molecule has 3 N–H and O–H groups in total. The Bertz CT molecular complexity index is 357. The first-order valence-electron chi connectivity index (χ1n) is 6.14. The maximum absolute atomic E-state index is 12.0. The summed E-state index contributed by atoms with van der Waals surface area (Å²) < 4.78 is 0. The van der Waals surface area contributed by atoms with Crippen LogP contribution in [0.3, 0.4) is 0 Å². The third-order valence-corrected chi connectivity index (χ3v) is 2.76. The lowest BCUT2D eigenvalue weighted by atomic mass is 10.0. The third kappa shape index (κ3) is 4.57. The Labute approximate surface area is 103 Å². The van der Waals surface area contributed by atoms with Gasteiger partial charge in [-0.3, -0.25) is 4.79 Å². The number of nitrogen functional groups attached to an aromatic ring is 1. The van der Waals surface area contributed by atoms with E-state index in [1.165, 1.54) is 0 Å². The summed E-state index contributed by atoms with van der Waals surface area (Å²) in [6.07, 6.45) is 1.08. The van der Waals surface area contributed by atoms with Gasteiger partial charge in [-0.2, -0.15) is 0 Å². The van der Waals surface area contributed by atoms with Crippen molar-refractivity contribution >= 4 is 11.5 Å². The van der Waals surface area contributed by atoms with Crippen molar-refractivity contribution in [1.82, 2.24) is 5.32 Å². The molecule has 0 fully saturated rings. The summed E-state index contributed by atoms with van der Waals surface area (Å²) in [4.78, 5) is 12.0. The highest BCUT2D eigenvalue weighted by atomic mass is 16.1. The van der Waals surface area contributed by atoms with Crippen molar-refractivity contribution in [3.63, 3.8) is 0 Å². The number of hydrogen-bond acceptors (Lipinski definition) is 3. The molecule has 0 aliphatic carbocycles. The van der Waals surface area contributed by atoms with Crippen LogP contribution >= 0.6 is 0 Å². The zero-order valence-electron chi connectivity index (χ0n) is 10.9. The summed E-state index contributed by atoms with van der Waals surface area (Å²) in [7, 11) is 0. The van der Waals surface area contributed by atoms with E-state index in [1.54, 1.807) is 24.3 Å². The third-order valence-electron chi connectivity index (χ3n) is 2.76. The van der Waals surface area contributed by atoms with Crippen molar-refractivity contribution in [1.29, 1.82) is 0 Å². The molecule has 0 aromatic heterocycles. The van der Waals surface area contributed by atoms with Crippen LogP contribution in [0.15, 0.2) is 24.3 Å². The largest absolute Gasteiger partial charge is 0.399 e. The Balaban J connectivity index is 2.49. The van der Waals surface area contributed by atoms with E-state index in [0.717, 1.165) is 13.0 Å². The van der Waals surface area contributed by atoms with Crippen LogP contribution in [0, 0.1) is 5.92 Å². The lowest BCUT2D eigenvalue weighted by Gasteiger charge is -2.13. The minimum atomic E-state index is -0.141. The molecule has 1 atom stereocenters. The van der Waals surface area contributed by atoms with E-state index in [1.807, 2.05) is 6.92 Å². The summed E-state index contributed by atoms with van der Waals surface area (Å²) in [6.45, 7) is 7.13. The van der Waals surface area contributed by atoms with Crippen LogP contribution in [0.5, 0.6) is 0 Å². The molecule has 94 valence electrons. The lowest BCUT2D eigenvalue weighted by molar-refractivity contribution is 0.0950. The number of nitrogens with one attached hydrogen (secondary N) is 1. The standard InChI is InChI=1S/C14H22N2O/c1-10(2)8-9-16-11(3)14(17)12-4-6-13(15)7-5-12/h4-7,10-11,16H,8-9,15H2,1-3H3. The Morgan fingerprint density at radius 1 is 1.24 bits per heavy atom. The summed E-state index contributed by atoms with van der Waals surface area (Å²) in [5, 5.41) is 3.25. The minimum Gasteiger partial charge on any atom is -0.399 e. The quantitative estimate of drug-likeness (QED) is 0.587. The van der Waals surface area contributed by atoms with E-state index < -0.39 is 0 Å². The van der Waals surface area contributed by atoms with Gasteiger partial charge in [0.25, 0.3) is 0 Å². The summed E-state index contributed by atoms with van der Waals surface area (Å²) in [5.41, 5.74) is 6.98. The van der Waals surface area contributed by atoms with Crippen molar-refractivity contribution < 1.29 is 4.79 Å². The molecular formula is C14H22N2O. The highest BCUT2D eigenvalue weighted by molar-refractivity contribution is 6.00. The van der Waals surface area contributed by atoms with Gasteiger partial charge < -0.3 is 11.1 Å². The van der Waals surface area contributed by atoms with Crippen LogP contribution in [-0.4, -0.2) is 18.4 Å². The van der Waals surface area contributed by atoms with E-state index in [4.69, 9.17) is 5.73 Å². The molecule has 0 aliphatic rings. The highest BCUT2D eigenvalue weighted by Gasteiger charge is 2.14. The highest BCUT2D eigenvalue weighted by Crippen LogP contribution is 2.08.